The standard InChI is InChI=1S/C11H13Br2N3O2/c12-6-4-10(17)15-8-2-1-3-9(14-8)16-11(18)5-7-13/h1-3H,4-7H2,(H2,14,15,16,17,18). The Morgan fingerprint density at radius 2 is 1.44 bits per heavy atom. The molecule has 0 saturated heterocycles. The van der Waals surface area contributed by atoms with E-state index in [1.165, 1.54) is 0 Å². The average Bonchev–Trinajstić information content (AvgIpc) is 2.29. The van der Waals surface area contributed by atoms with Crippen molar-refractivity contribution in [1.29, 1.82) is 0 Å². The van der Waals surface area contributed by atoms with Gasteiger partial charge in [0.05, 0.1) is 0 Å². The predicted octanol–water partition coefficient (Wildman–Crippen LogP) is 2.53. The van der Waals surface area contributed by atoms with Crippen molar-refractivity contribution in [2.24, 2.45) is 0 Å². The number of rotatable bonds is 6. The zero-order valence-electron chi connectivity index (χ0n) is 9.58. The fourth-order valence-corrected chi connectivity index (χ4v) is 1.88. The van der Waals surface area contributed by atoms with E-state index >= 15 is 0 Å². The Balaban J connectivity index is 2.61. The molecule has 2 N–H and O–H groups in total. The van der Waals surface area contributed by atoms with Crippen LogP contribution in [0.4, 0.5) is 11.6 Å². The van der Waals surface area contributed by atoms with Crippen LogP contribution in [0.3, 0.4) is 0 Å². The molecule has 0 bridgehead atoms. The fraction of sp³-hybridized carbons (Fsp3) is 0.364. The van der Waals surface area contributed by atoms with Gasteiger partial charge in [-0.2, -0.15) is 0 Å². The Kier molecular flexibility index (Phi) is 6.89. The van der Waals surface area contributed by atoms with Crippen molar-refractivity contribution in [3.63, 3.8) is 0 Å². The molecule has 0 aliphatic heterocycles. The third-order valence-electron chi connectivity index (χ3n) is 1.93. The minimum absolute atomic E-state index is 0.122. The maximum Gasteiger partial charge on any atom is 0.226 e. The lowest BCUT2D eigenvalue weighted by molar-refractivity contribution is -0.116. The molecule has 0 aliphatic carbocycles. The van der Waals surface area contributed by atoms with Crippen molar-refractivity contribution in [2.75, 3.05) is 21.3 Å². The van der Waals surface area contributed by atoms with E-state index in [4.69, 9.17) is 0 Å². The largest absolute Gasteiger partial charge is 0.311 e. The molecule has 1 rings (SSSR count). The van der Waals surface area contributed by atoms with Gasteiger partial charge < -0.3 is 10.6 Å². The summed E-state index contributed by atoms with van der Waals surface area (Å²) >= 11 is 6.37. The minimum Gasteiger partial charge on any atom is -0.311 e. The molecule has 18 heavy (non-hydrogen) atoms. The first kappa shape index (κ1) is 15.1. The molecule has 0 fully saturated rings. The van der Waals surface area contributed by atoms with Crippen LogP contribution in [0.25, 0.3) is 0 Å². The van der Waals surface area contributed by atoms with Gasteiger partial charge in [-0.1, -0.05) is 37.9 Å². The Hall–Kier alpha value is -0.950. The second-order valence-electron chi connectivity index (χ2n) is 3.38. The van der Waals surface area contributed by atoms with E-state index in [1.807, 2.05) is 0 Å². The quantitative estimate of drug-likeness (QED) is 0.747. The summed E-state index contributed by atoms with van der Waals surface area (Å²) in [4.78, 5) is 26.9. The average molecular weight is 379 g/mol. The van der Waals surface area contributed by atoms with Gasteiger partial charge in [-0.15, -0.1) is 0 Å². The van der Waals surface area contributed by atoms with Crippen LogP contribution in [0.1, 0.15) is 12.8 Å². The number of aromatic nitrogens is 1. The lowest BCUT2D eigenvalue weighted by Gasteiger charge is -2.06. The lowest BCUT2D eigenvalue weighted by Crippen LogP contribution is -2.15. The van der Waals surface area contributed by atoms with Gasteiger partial charge in [0.25, 0.3) is 0 Å². The second kappa shape index (κ2) is 8.20. The summed E-state index contributed by atoms with van der Waals surface area (Å²) in [6.07, 6.45) is 0.754. The molecule has 98 valence electrons. The molecule has 2 amide bonds. The highest BCUT2D eigenvalue weighted by molar-refractivity contribution is 9.09. The molecule has 7 heteroatoms. The molecule has 0 unspecified atom stereocenters. The molecule has 1 aromatic heterocycles. The summed E-state index contributed by atoms with van der Waals surface area (Å²) in [6.45, 7) is 0. The summed E-state index contributed by atoms with van der Waals surface area (Å²) in [5.41, 5.74) is 0. The molecule has 0 saturated carbocycles. The number of hydrogen-bond acceptors (Lipinski definition) is 3. The number of carbonyl (C=O) groups excluding carboxylic acids is 2. The number of nitrogens with one attached hydrogen (secondary N) is 2. The Bertz CT molecular complexity index is 391. The number of alkyl halides is 2. The van der Waals surface area contributed by atoms with E-state index in [2.05, 4.69) is 47.5 Å². The normalized spacial score (nSPS) is 9.89. The molecule has 0 radical (unpaired) electrons. The van der Waals surface area contributed by atoms with Crippen LogP contribution in [0.15, 0.2) is 18.2 Å². The zero-order valence-corrected chi connectivity index (χ0v) is 12.8. The molecule has 0 spiro atoms. The number of carbonyl (C=O) groups is 2. The van der Waals surface area contributed by atoms with Gasteiger partial charge in [0.2, 0.25) is 11.8 Å². The first-order valence-corrected chi connectivity index (χ1v) is 7.58. The molecule has 1 heterocycles. The number of halogens is 2. The lowest BCUT2D eigenvalue weighted by atomic mass is 10.4. The number of hydrogen-bond donors (Lipinski definition) is 2. The fourth-order valence-electron chi connectivity index (χ4n) is 1.16. The summed E-state index contributed by atoms with van der Waals surface area (Å²) in [5.74, 6) is 0.613. The Morgan fingerprint density at radius 3 is 1.83 bits per heavy atom. The SMILES string of the molecule is O=C(CCBr)Nc1cccc(NC(=O)CCBr)n1. The van der Waals surface area contributed by atoms with Crippen LogP contribution in [-0.2, 0) is 9.59 Å². The van der Waals surface area contributed by atoms with Gasteiger partial charge in [-0.3, -0.25) is 9.59 Å². The van der Waals surface area contributed by atoms with Crippen LogP contribution in [0, 0.1) is 0 Å². The van der Waals surface area contributed by atoms with Crippen molar-refractivity contribution in [2.45, 2.75) is 12.8 Å². The minimum atomic E-state index is -0.122. The summed E-state index contributed by atoms with van der Waals surface area (Å²) < 4.78 is 0. The smallest absolute Gasteiger partial charge is 0.226 e. The summed E-state index contributed by atoms with van der Waals surface area (Å²) in [6, 6.07) is 5.07. The highest BCUT2D eigenvalue weighted by Gasteiger charge is 2.05. The van der Waals surface area contributed by atoms with E-state index in [9.17, 15) is 9.59 Å². The zero-order chi connectivity index (χ0) is 13.4. The van der Waals surface area contributed by atoms with Crippen molar-refractivity contribution in [3.05, 3.63) is 18.2 Å². The van der Waals surface area contributed by atoms with Crippen molar-refractivity contribution >= 4 is 55.3 Å². The van der Waals surface area contributed by atoms with Crippen LogP contribution >= 0.6 is 31.9 Å². The molecule has 0 aliphatic rings. The van der Waals surface area contributed by atoms with Gasteiger partial charge >= 0.3 is 0 Å². The molecule has 0 aromatic carbocycles. The van der Waals surface area contributed by atoms with E-state index < -0.39 is 0 Å². The number of pyridine rings is 1. The molecule has 0 atom stereocenters. The van der Waals surface area contributed by atoms with E-state index in [0.717, 1.165) is 0 Å². The van der Waals surface area contributed by atoms with Crippen molar-refractivity contribution in [1.82, 2.24) is 4.98 Å². The highest BCUT2D eigenvalue weighted by Crippen LogP contribution is 2.10. The van der Waals surface area contributed by atoms with Crippen molar-refractivity contribution in [3.8, 4) is 0 Å². The van der Waals surface area contributed by atoms with Crippen molar-refractivity contribution < 1.29 is 9.59 Å². The number of nitrogens with zero attached hydrogens (tertiary/aromatic N) is 1. The third-order valence-corrected chi connectivity index (χ3v) is 2.72. The molecular formula is C11H13Br2N3O2. The second-order valence-corrected chi connectivity index (χ2v) is 4.97. The molecule has 5 nitrogen and oxygen atoms in total. The van der Waals surface area contributed by atoms with Crippen LogP contribution < -0.4 is 10.6 Å². The summed E-state index contributed by atoms with van der Waals surface area (Å²) in [7, 11) is 0. The molecule has 1 aromatic rings. The summed E-state index contributed by atoms with van der Waals surface area (Å²) in [5, 5.41) is 6.49. The van der Waals surface area contributed by atoms with E-state index in [0.29, 0.717) is 35.1 Å². The van der Waals surface area contributed by atoms with Gasteiger partial charge in [0.1, 0.15) is 11.6 Å². The van der Waals surface area contributed by atoms with E-state index in [1.54, 1.807) is 18.2 Å². The first-order chi connectivity index (χ1) is 8.65. The first-order valence-electron chi connectivity index (χ1n) is 5.34. The Morgan fingerprint density at radius 1 is 1.00 bits per heavy atom. The van der Waals surface area contributed by atoms with Gasteiger partial charge in [-0.25, -0.2) is 4.98 Å². The third kappa shape index (κ3) is 5.59. The Labute approximate surface area is 122 Å². The maximum atomic E-state index is 11.4. The highest BCUT2D eigenvalue weighted by atomic mass is 79.9. The van der Waals surface area contributed by atoms with Crippen LogP contribution in [-0.4, -0.2) is 27.5 Å². The topological polar surface area (TPSA) is 71.1 Å². The van der Waals surface area contributed by atoms with Gasteiger partial charge in [-0.05, 0) is 12.1 Å². The van der Waals surface area contributed by atoms with Gasteiger partial charge in [0, 0.05) is 23.5 Å². The maximum absolute atomic E-state index is 11.4. The predicted molar refractivity (Wildman–Crippen MR) is 78.3 cm³/mol. The number of amides is 2. The molecular weight excluding hydrogens is 366 g/mol. The van der Waals surface area contributed by atoms with E-state index in [-0.39, 0.29) is 11.8 Å². The van der Waals surface area contributed by atoms with Crippen LogP contribution in [0.2, 0.25) is 0 Å². The van der Waals surface area contributed by atoms with Gasteiger partial charge in [0.15, 0.2) is 0 Å². The number of anilines is 2. The monoisotopic (exact) mass is 377 g/mol. The van der Waals surface area contributed by atoms with Crippen LogP contribution in [0.5, 0.6) is 0 Å².